The molecule has 0 fully saturated rings. The van der Waals surface area contributed by atoms with Crippen LogP contribution in [0.25, 0.3) is 0 Å². The average Bonchev–Trinajstić information content (AvgIpc) is 2.45. The van der Waals surface area contributed by atoms with Crippen LogP contribution in [-0.2, 0) is 10.0 Å². The van der Waals surface area contributed by atoms with Crippen LogP contribution in [0, 0.1) is 0 Å². The van der Waals surface area contributed by atoms with Crippen molar-refractivity contribution in [2.45, 2.75) is 33.1 Å². The van der Waals surface area contributed by atoms with Gasteiger partial charge < -0.3 is 10.6 Å². The first-order chi connectivity index (χ1) is 10.5. The lowest BCUT2D eigenvalue weighted by Crippen LogP contribution is -2.38. The summed E-state index contributed by atoms with van der Waals surface area (Å²) < 4.78 is 24.4. The highest BCUT2D eigenvalue weighted by Crippen LogP contribution is 1.99. The molecule has 0 aromatic heterocycles. The molecule has 0 aliphatic carbocycles. The predicted molar refractivity (Wildman–Crippen MR) is 114 cm³/mol. The van der Waals surface area contributed by atoms with Crippen molar-refractivity contribution >= 4 is 51.7 Å². The van der Waals surface area contributed by atoms with E-state index in [4.69, 9.17) is 0 Å². The predicted octanol–water partition coefficient (Wildman–Crippen LogP) is 1.97. The van der Waals surface area contributed by atoms with Gasteiger partial charge in [0, 0.05) is 32.7 Å². The third-order valence-electron chi connectivity index (χ3n) is 3.07. The molecule has 0 amide bonds. The Balaban J connectivity index is 0. The van der Waals surface area contributed by atoms with Crippen LogP contribution in [0.2, 0.25) is 0 Å². The molecule has 9 heteroatoms. The van der Waals surface area contributed by atoms with Crippen molar-refractivity contribution in [3.8, 4) is 0 Å². The largest absolute Gasteiger partial charge is 0.357 e. The molecule has 2 N–H and O–H groups in total. The highest BCUT2D eigenvalue weighted by Gasteiger charge is 2.12. The Bertz CT molecular complexity index is 406. The zero-order valence-electron chi connectivity index (χ0n) is 14.8. The van der Waals surface area contributed by atoms with E-state index in [-0.39, 0.29) is 24.0 Å². The van der Waals surface area contributed by atoms with Gasteiger partial charge in [-0.05, 0) is 38.2 Å². The van der Waals surface area contributed by atoms with E-state index in [0.717, 1.165) is 31.9 Å². The van der Waals surface area contributed by atoms with Crippen molar-refractivity contribution in [1.29, 1.82) is 0 Å². The molecule has 0 bridgehead atoms. The van der Waals surface area contributed by atoms with Crippen LogP contribution in [0.15, 0.2) is 4.99 Å². The van der Waals surface area contributed by atoms with E-state index in [0.29, 0.717) is 19.6 Å². The summed E-state index contributed by atoms with van der Waals surface area (Å²) in [6.07, 6.45) is 6.43. The first-order valence-corrected chi connectivity index (χ1v) is 11.2. The van der Waals surface area contributed by atoms with Crippen molar-refractivity contribution in [1.82, 2.24) is 14.9 Å². The third kappa shape index (κ3) is 14.3. The second-order valence-corrected chi connectivity index (χ2v) is 7.96. The van der Waals surface area contributed by atoms with Gasteiger partial charge in [0.15, 0.2) is 5.96 Å². The number of guanidine groups is 1. The molecule has 0 rings (SSSR count). The van der Waals surface area contributed by atoms with Crippen LogP contribution in [0.5, 0.6) is 0 Å². The van der Waals surface area contributed by atoms with E-state index in [1.165, 1.54) is 22.7 Å². The van der Waals surface area contributed by atoms with Gasteiger partial charge in [-0.3, -0.25) is 4.99 Å². The van der Waals surface area contributed by atoms with Crippen LogP contribution in [0.4, 0.5) is 0 Å². The van der Waals surface area contributed by atoms with Crippen LogP contribution >= 0.6 is 35.7 Å². The van der Waals surface area contributed by atoms with Crippen LogP contribution in [0.3, 0.4) is 0 Å². The van der Waals surface area contributed by atoms with Crippen LogP contribution in [0.1, 0.15) is 33.1 Å². The molecule has 0 saturated carbocycles. The number of halogens is 1. The quantitative estimate of drug-likeness (QED) is 0.193. The number of nitrogens with zero attached hydrogens (tertiary/aromatic N) is 2. The second kappa shape index (κ2) is 15.8. The normalized spacial score (nSPS) is 12.1. The molecular weight excluding hydrogens is 447 g/mol. The average molecular weight is 480 g/mol. The lowest BCUT2D eigenvalue weighted by atomic mass is 10.3. The minimum atomic E-state index is -3.10. The topological polar surface area (TPSA) is 73.8 Å². The number of aliphatic imine (C=N–C) groups is 1. The van der Waals surface area contributed by atoms with Gasteiger partial charge in [-0.2, -0.15) is 11.8 Å². The maximum Gasteiger partial charge on any atom is 0.211 e. The summed E-state index contributed by atoms with van der Waals surface area (Å²) >= 11 is 1.87. The number of hydrogen-bond acceptors (Lipinski definition) is 4. The number of nitrogens with one attached hydrogen (secondary N) is 2. The van der Waals surface area contributed by atoms with Gasteiger partial charge in [-0.1, -0.05) is 6.92 Å². The molecule has 0 aromatic rings. The van der Waals surface area contributed by atoms with Gasteiger partial charge in [0.25, 0.3) is 0 Å². The summed E-state index contributed by atoms with van der Waals surface area (Å²) in [5, 5.41) is 6.52. The fourth-order valence-electron chi connectivity index (χ4n) is 1.92. The van der Waals surface area contributed by atoms with Crippen molar-refractivity contribution in [3.05, 3.63) is 0 Å². The Morgan fingerprint density at radius 3 is 2.39 bits per heavy atom. The summed E-state index contributed by atoms with van der Waals surface area (Å²) in [4.78, 5) is 4.49. The molecule has 0 atom stereocenters. The summed E-state index contributed by atoms with van der Waals surface area (Å²) in [5.74, 6) is 2.00. The summed E-state index contributed by atoms with van der Waals surface area (Å²) in [6, 6.07) is 0. The summed E-state index contributed by atoms with van der Waals surface area (Å²) in [7, 11) is -3.10. The van der Waals surface area contributed by atoms with Crippen molar-refractivity contribution in [2.24, 2.45) is 4.99 Å². The van der Waals surface area contributed by atoms with E-state index in [9.17, 15) is 8.42 Å². The molecule has 23 heavy (non-hydrogen) atoms. The molecule has 0 heterocycles. The first-order valence-electron chi connectivity index (χ1n) is 7.91. The van der Waals surface area contributed by atoms with Gasteiger partial charge in [-0.15, -0.1) is 24.0 Å². The molecular formula is C14H33IN4O2S2. The Labute approximate surface area is 163 Å². The lowest BCUT2D eigenvalue weighted by molar-refractivity contribution is 0.427. The lowest BCUT2D eigenvalue weighted by Gasteiger charge is -2.17. The molecule has 0 aromatic carbocycles. The highest BCUT2D eigenvalue weighted by molar-refractivity contribution is 14.0. The SMILES string of the molecule is CCNC(=NCCCN(CC)S(C)(=O)=O)NCCCCSC.I. The zero-order valence-corrected chi connectivity index (χ0v) is 18.8. The molecule has 0 unspecified atom stereocenters. The minimum Gasteiger partial charge on any atom is -0.357 e. The number of rotatable bonds is 12. The van der Waals surface area contributed by atoms with Crippen molar-refractivity contribution in [3.63, 3.8) is 0 Å². The number of sulfonamides is 1. The van der Waals surface area contributed by atoms with Crippen LogP contribution < -0.4 is 10.6 Å². The van der Waals surface area contributed by atoms with Gasteiger partial charge in [0.1, 0.15) is 0 Å². The molecule has 0 aliphatic heterocycles. The van der Waals surface area contributed by atoms with Crippen molar-refractivity contribution in [2.75, 3.05) is 51.0 Å². The maximum atomic E-state index is 11.5. The van der Waals surface area contributed by atoms with Crippen molar-refractivity contribution < 1.29 is 8.42 Å². The van der Waals surface area contributed by atoms with Gasteiger partial charge in [-0.25, -0.2) is 12.7 Å². The Kier molecular flexibility index (Phi) is 17.5. The van der Waals surface area contributed by atoms with E-state index < -0.39 is 10.0 Å². The van der Waals surface area contributed by atoms with E-state index in [2.05, 4.69) is 21.9 Å². The molecule has 6 nitrogen and oxygen atoms in total. The number of thioether (sulfide) groups is 1. The van der Waals surface area contributed by atoms with E-state index in [1.54, 1.807) is 0 Å². The highest BCUT2D eigenvalue weighted by atomic mass is 127. The Morgan fingerprint density at radius 1 is 1.17 bits per heavy atom. The zero-order chi connectivity index (χ0) is 16.8. The first kappa shape index (κ1) is 25.5. The maximum absolute atomic E-state index is 11.5. The minimum absolute atomic E-state index is 0. The number of unbranched alkanes of at least 4 members (excludes halogenated alkanes) is 1. The smallest absolute Gasteiger partial charge is 0.211 e. The molecule has 0 spiro atoms. The second-order valence-electron chi connectivity index (χ2n) is 5.00. The van der Waals surface area contributed by atoms with E-state index >= 15 is 0 Å². The molecule has 0 aliphatic rings. The Morgan fingerprint density at radius 2 is 1.87 bits per heavy atom. The third-order valence-corrected chi connectivity index (χ3v) is 5.14. The fraction of sp³-hybridized carbons (Fsp3) is 0.929. The van der Waals surface area contributed by atoms with Gasteiger partial charge >= 0.3 is 0 Å². The van der Waals surface area contributed by atoms with E-state index in [1.807, 2.05) is 25.6 Å². The number of hydrogen-bond donors (Lipinski definition) is 2. The van der Waals surface area contributed by atoms with Gasteiger partial charge in [0.05, 0.1) is 6.26 Å². The molecule has 0 radical (unpaired) electrons. The monoisotopic (exact) mass is 480 g/mol. The molecule has 140 valence electrons. The standard InChI is InChI=1S/C14H32N4O2S2.HI/c1-5-15-14(16-10-7-8-13-21-3)17-11-9-12-18(6-2)22(4,19)20;/h5-13H2,1-4H3,(H2,15,16,17);1H. The fourth-order valence-corrected chi connectivity index (χ4v) is 3.34. The van der Waals surface area contributed by atoms with Gasteiger partial charge in [0.2, 0.25) is 10.0 Å². The summed E-state index contributed by atoms with van der Waals surface area (Å²) in [5.41, 5.74) is 0. The van der Waals surface area contributed by atoms with Crippen LogP contribution in [-0.4, -0.2) is 69.7 Å². The Hall–Kier alpha value is 0.260. The molecule has 0 saturated heterocycles. The summed E-state index contributed by atoms with van der Waals surface area (Å²) in [6.45, 7) is 7.27.